The number of benzene rings is 2. The van der Waals surface area contributed by atoms with Crippen LogP contribution in [-0.4, -0.2) is 85.7 Å². The molecule has 1 aromatic heterocycles. The maximum Gasteiger partial charge on any atom is 0.251 e. The third-order valence-electron chi connectivity index (χ3n) is 11.9. The molecule has 11 heteroatoms. The number of nitrogens with zero attached hydrogens (tertiary/aromatic N) is 2. The predicted octanol–water partition coefficient (Wildman–Crippen LogP) is 4.65. The second kappa shape index (κ2) is 15.0. The van der Waals surface area contributed by atoms with Crippen LogP contribution in [0.15, 0.2) is 59.2 Å². The average molecular weight is 703 g/mol. The topological polar surface area (TPSA) is 137 Å². The van der Waals surface area contributed by atoms with E-state index < -0.39 is 24.2 Å². The molecule has 276 valence electrons. The van der Waals surface area contributed by atoms with Crippen molar-refractivity contribution >= 4 is 17.5 Å². The van der Waals surface area contributed by atoms with E-state index in [1.165, 1.54) is 6.42 Å². The van der Waals surface area contributed by atoms with Crippen molar-refractivity contribution in [3.63, 3.8) is 0 Å². The van der Waals surface area contributed by atoms with Crippen LogP contribution in [0.1, 0.15) is 62.2 Å². The minimum atomic E-state index is -0.898. The van der Waals surface area contributed by atoms with Crippen LogP contribution in [0.3, 0.4) is 0 Å². The third-order valence-corrected chi connectivity index (χ3v) is 11.9. The number of hydroxylamine groups is 2. The Morgan fingerprint density at radius 1 is 1.14 bits per heavy atom. The van der Waals surface area contributed by atoms with Crippen molar-refractivity contribution in [3.05, 3.63) is 71.7 Å². The molecule has 8 atom stereocenters. The number of nitrogens with one attached hydrogen (secondary N) is 2. The van der Waals surface area contributed by atoms with Crippen molar-refractivity contribution in [3.8, 4) is 16.9 Å². The number of hydrogen-bond acceptors (Lipinski definition) is 9. The monoisotopic (exact) mass is 702 g/mol. The molecule has 0 radical (unpaired) electrons. The zero-order chi connectivity index (χ0) is 36.6. The molecule has 0 unspecified atom stereocenters. The molecule has 3 aliphatic carbocycles. The van der Waals surface area contributed by atoms with Gasteiger partial charge in [-0.05, 0) is 78.8 Å². The number of rotatable bonds is 13. The van der Waals surface area contributed by atoms with Crippen molar-refractivity contribution in [1.29, 1.82) is 0 Å². The van der Waals surface area contributed by atoms with E-state index in [4.69, 9.17) is 14.0 Å². The summed E-state index contributed by atoms with van der Waals surface area (Å²) in [4.78, 5) is 35.8. The van der Waals surface area contributed by atoms with Gasteiger partial charge in [0.25, 0.3) is 5.91 Å². The van der Waals surface area contributed by atoms with E-state index in [-0.39, 0.29) is 36.4 Å². The number of furan rings is 1. The lowest BCUT2D eigenvalue weighted by Crippen LogP contribution is -2.62. The fraction of sp³-hybridized carbons (Fsp3) is 0.550. The number of carbonyl (C=O) groups excluding carboxylic acids is 2. The van der Waals surface area contributed by atoms with E-state index >= 15 is 0 Å². The predicted molar refractivity (Wildman–Crippen MR) is 195 cm³/mol. The Labute approximate surface area is 301 Å². The second-order valence-electron chi connectivity index (χ2n) is 15.5. The highest BCUT2D eigenvalue weighted by Gasteiger charge is 2.57. The summed E-state index contributed by atoms with van der Waals surface area (Å²) in [6, 6.07) is 14.4. The molecule has 7 rings (SSSR count). The summed E-state index contributed by atoms with van der Waals surface area (Å²) >= 11 is 0. The zero-order valence-electron chi connectivity index (χ0n) is 30.9. The van der Waals surface area contributed by atoms with Gasteiger partial charge in [-0.25, -0.2) is 0 Å². The largest absolute Gasteiger partial charge is 0.496 e. The Morgan fingerprint density at radius 3 is 2.55 bits per heavy atom. The molecule has 4 fully saturated rings. The Bertz CT molecular complexity index is 1690. The van der Waals surface area contributed by atoms with Gasteiger partial charge in [-0.15, -0.1) is 0 Å². The van der Waals surface area contributed by atoms with E-state index in [1.54, 1.807) is 25.4 Å². The van der Waals surface area contributed by atoms with Gasteiger partial charge >= 0.3 is 0 Å². The Morgan fingerprint density at radius 2 is 1.92 bits per heavy atom. The molecule has 1 saturated heterocycles. The molecule has 51 heavy (non-hydrogen) atoms. The number of amides is 2. The zero-order valence-corrected chi connectivity index (χ0v) is 30.9. The lowest BCUT2D eigenvalue weighted by Gasteiger charge is -2.62. The van der Waals surface area contributed by atoms with Gasteiger partial charge in [-0.3, -0.25) is 14.4 Å². The van der Waals surface area contributed by atoms with Crippen LogP contribution in [0.25, 0.3) is 11.1 Å². The number of hydrogen-bond donors (Lipinski definition) is 4. The maximum atomic E-state index is 14.2. The number of aliphatic hydroxyl groups excluding tert-OH is 2. The first kappa shape index (κ1) is 36.9. The van der Waals surface area contributed by atoms with Gasteiger partial charge in [0.05, 0.1) is 32.6 Å². The first-order valence-corrected chi connectivity index (χ1v) is 18.2. The van der Waals surface area contributed by atoms with Crippen molar-refractivity contribution in [1.82, 2.24) is 15.7 Å². The highest BCUT2D eigenvalue weighted by atomic mass is 16.7. The number of ether oxygens (including phenoxy) is 1. The summed E-state index contributed by atoms with van der Waals surface area (Å²) in [6.45, 7) is 8.80. The fourth-order valence-corrected chi connectivity index (χ4v) is 8.84. The van der Waals surface area contributed by atoms with Crippen LogP contribution in [0.5, 0.6) is 5.75 Å². The summed E-state index contributed by atoms with van der Waals surface area (Å²) in [5, 5.41) is 29.2. The maximum absolute atomic E-state index is 14.2. The Hall–Kier alpha value is -3.90. The first-order valence-electron chi connectivity index (χ1n) is 18.2. The molecule has 0 spiro atoms. The first-order chi connectivity index (χ1) is 24.3. The quantitative estimate of drug-likeness (QED) is 0.201. The van der Waals surface area contributed by atoms with Gasteiger partial charge in [0.2, 0.25) is 5.91 Å². The molecular weight excluding hydrogens is 648 g/mol. The van der Waals surface area contributed by atoms with E-state index in [9.17, 15) is 19.8 Å². The summed E-state index contributed by atoms with van der Waals surface area (Å²) in [7, 11) is 5.45. The van der Waals surface area contributed by atoms with Crippen LogP contribution < -0.4 is 20.3 Å². The van der Waals surface area contributed by atoms with Crippen molar-refractivity contribution < 1.29 is 33.8 Å². The molecule has 2 aromatic carbocycles. The summed E-state index contributed by atoms with van der Waals surface area (Å²) in [5.74, 6) is 1.80. The normalized spacial score (nSPS) is 27.4. The number of methoxy groups -OCH3 is 1. The molecule has 2 bridgehead atoms. The molecule has 11 nitrogen and oxygen atoms in total. The van der Waals surface area contributed by atoms with E-state index in [0.29, 0.717) is 42.0 Å². The van der Waals surface area contributed by atoms with E-state index in [1.807, 2.05) is 67.5 Å². The minimum absolute atomic E-state index is 0.0392. The highest BCUT2D eigenvalue weighted by molar-refractivity contribution is 5.97. The van der Waals surface area contributed by atoms with Gasteiger partial charge in [0, 0.05) is 61.4 Å². The van der Waals surface area contributed by atoms with Crippen LogP contribution in [0.4, 0.5) is 5.69 Å². The average Bonchev–Trinajstić information content (AvgIpc) is 3.76. The lowest BCUT2D eigenvalue weighted by atomic mass is 9.45. The van der Waals surface area contributed by atoms with Gasteiger partial charge in [0.1, 0.15) is 23.7 Å². The molecule has 4 aliphatic rings. The van der Waals surface area contributed by atoms with E-state index in [2.05, 4.69) is 31.4 Å². The Kier molecular flexibility index (Phi) is 10.8. The number of anilines is 1. The highest BCUT2D eigenvalue weighted by Crippen LogP contribution is 2.61. The SMILES string of the molecule is COc1c(CN2O[C@@H](CO)[C@@H]([C@H](C)O)[C@H]2C(=O)N[C@H]2C[C@@H]3C[C@H]([C@@H]2C)C3(C)C)cccc1-c1cc(C(=O)NCCc2ccco2)cc(N(C)C)c1. The van der Waals surface area contributed by atoms with Crippen molar-refractivity contribution in [2.75, 3.05) is 39.3 Å². The summed E-state index contributed by atoms with van der Waals surface area (Å²) in [6.07, 6.45) is 2.68. The second-order valence-corrected chi connectivity index (χ2v) is 15.5. The molecule has 3 aromatic rings. The van der Waals surface area contributed by atoms with Gasteiger partial charge in [-0.1, -0.05) is 39.0 Å². The standard InChI is InChI=1S/C40H54N4O7/c1-23-32-19-28(40(32,3)4)20-33(23)42-39(48)36-35(24(2)46)34(22-45)51-44(36)21-25-10-8-12-31(37(25)49-7)26-16-27(18-29(17-26)43(5)6)38(47)41-14-13-30-11-9-15-50-30/h8-12,15-18,23-24,28,32-36,45-46H,13-14,19-22H2,1-7H3,(H,41,47)(H,42,48)/t23-,24-,28-,32+,33-,34-,35+,36-/m0/s1. The molecule has 3 saturated carbocycles. The molecule has 1 aliphatic heterocycles. The Balaban J connectivity index is 1.26. The summed E-state index contributed by atoms with van der Waals surface area (Å²) in [5.41, 5.74) is 3.95. The van der Waals surface area contributed by atoms with Crippen molar-refractivity contribution in [2.24, 2.45) is 29.1 Å². The fourth-order valence-electron chi connectivity index (χ4n) is 8.84. The molecule has 2 amide bonds. The number of aliphatic hydroxyl groups is 2. The molecular formula is C40H54N4O7. The third kappa shape index (κ3) is 7.26. The van der Waals surface area contributed by atoms with Gasteiger partial charge in [-0.2, -0.15) is 5.06 Å². The van der Waals surface area contributed by atoms with Crippen LogP contribution in [0.2, 0.25) is 0 Å². The number of carbonyl (C=O) groups is 2. The van der Waals surface area contributed by atoms with Crippen LogP contribution >= 0.6 is 0 Å². The van der Waals surface area contributed by atoms with E-state index in [0.717, 1.165) is 34.6 Å². The molecule has 4 N–H and O–H groups in total. The van der Waals surface area contributed by atoms with Crippen molar-refractivity contribution in [2.45, 2.75) is 77.8 Å². The van der Waals surface area contributed by atoms with Crippen LogP contribution in [-0.2, 0) is 22.6 Å². The van der Waals surface area contributed by atoms with Crippen LogP contribution in [0, 0.1) is 29.1 Å². The smallest absolute Gasteiger partial charge is 0.251 e. The minimum Gasteiger partial charge on any atom is -0.496 e. The number of para-hydroxylation sites is 1. The van der Waals surface area contributed by atoms with Gasteiger partial charge < -0.3 is 34.9 Å². The molecule has 2 heterocycles. The summed E-state index contributed by atoms with van der Waals surface area (Å²) < 4.78 is 11.4. The lowest BCUT2D eigenvalue weighted by molar-refractivity contribution is -0.183. The number of fused-ring (bicyclic) bond motifs is 2. The van der Waals surface area contributed by atoms with Gasteiger partial charge in [0.15, 0.2) is 0 Å².